The maximum absolute atomic E-state index is 12.3. The van der Waals surface area contributed by atoms with Crippen molar-refractivity contribution in [2.45, 2.75) is 31.7 Å². The molecule has 1 aromatic carbocycles. The molecule has 2 aliphatic heterocycles. The van der Waals surface area contributed by atoms with Crippen LogP contribution >= 0.6 is 15.9 Å². The maximum atomic E-state index is 12.3. The monoisotopic (exact) mass is 376 g/mol. The van der Waals surface area contributed by atoms with Gasteiger partial charge in [0.25, 0.3) is 0 Å². The quantitative estimate of drug-likeness (QED) is 0.708. The predicted molar refractivity (Wildman–Crippen MR) is 98.5 cm³/mol. The molecule has 2 heterocycles. The van der Waals surface area contributed by atoms with Crippen LogP contribution in [0.5, 0.6) is 0 Å². The SMILES string of the molecule is O=C(/C=C/c1ccc(Br)cc1)CN1CCC[C@@H]1CN1CCCC1. The highest BCUT2D eigenvalue weighted by atomic mass is 79.9. The highest BCUT2D eigenvalue weighted by Gasteiger charge is 2.28. The van der Waals surface area contributed by atoms with Crippen LogP contribution in [0, 0.1) is 0 Å². The van der Waals surface area contributed by atoms with Gasteiger partial charge < -0.3 is 4.90 Å². The number of halogens is 1. The summed E-state index contributed by atoms with van der Waals surface area (Å²) < 4.78 is 1.06. The summed E-state index contributed by atoms with van der Waals surface area (Å²) in [5.41, 5.74) is 1.07. The van der Waals surface area contributed by atoms with E-state index in [1.807, 2.05) is 30.3 Å². The zero-order valence-electron chi connectivity index (χ0n) is 13.6. The van der Waals surface area contributed by atoms with Crippen molar-refractivity contribution in [3.05, 3.63) is 40.4 Å². The highest BCUT2D eigenvalue weighted by molar-refractivity contribution is 9.10. The third-order valence-electron chi connectivity index (χ3n) is 4.86. The summed E-state index contributed by atoms with van der Waals surface area (Å²) in [5, 5.41) is 0. The van der Waals surface area contributed by atoms with E-state index in [0.717, 1.165) is 23.1 Å². The fourth-order valence-corrected chi connectivity index (χ4v) is 3.85. The van der Waals surface area contributed by atoms with Gasteiger partial charge in [-0.3, -0.25) is 9.69 Å². The van der Waals surface area contributed by atoms with Crippen molar-refractivity contribution in [1.82, 2.24) is 9.80 Å². The number of likely N-dealkylation sites (tertiary alicyclic amines) is 2. The maximum Gasteiger partial charge on any atom is 0.169 e. The van der Waals surface area contributed by atoms with Crippen LogP contribution in [0.3, 0.4) is 0 Å². The molecule has 23 heavy (non-hydrogen) atoms. The first-order valence-electron chi connectivity index (χ1n) is 8.63. The van der Waals surface area contributed by atoms with Crippen molar-refractivity contribution in [3.8, 4) is 0 Å². The zero-order valence-corrected chi connectivity index (χ0v) is 15.2. The number of hydrogen-bond donors (Lipinski definition) is 0. The fraction of sp³-hybridized carbons (Fsp3) is 0.526. The summed E-state index contributed by atoms with van der Waals surface area (Å²) in [5.74, 6) is 0.209. The summed E-state index contributed by atoms with van der Waals surface area (Å²) >= 11 is 3.42. The lowest BCUT2D eigenvalue weighted by molar-refractivity contribution is -0.115. The number of carbonyl (C=O) groups excluding carboxylic acids is 1. The summed E-state index contributed by atoms with van der Waals surface area (Å²) in [6.45, 7) is 5.25. The van der Waals surface area contributed by atoms with Gasteiger partial charge in [0.05, 0.1) is 6.54 Å². The van der Waals surface area contributed by atoms with Crippen LogP contribution in [-0.2, 0) is 4.79 Å². The highest BCUT2D eigenvalue weighted by Crippen LogP contribution is 2.20. The molecule has 0 saturated carbocycles. The summed E-state index contributed by atoms with van der Waals surface area (Å²) in [6, 6.07) is 8.59. The number of hydrogen-bond acceptors (Lipinski definition) is 3. The lowest BCUT2D eigenvalue weighted by atomic mass is 10.2. The van der Waals surface area contributed by atoms with Gasteiger partial charge in [0, 0.05) is 17.1 Å². The fourth-order valence-electron chi connectivity index (χ4n) is 3.59. The Morgan fingerprint density at radius 3 is 2.61 bits per heavy atom. The van der Waals surface area contributed by atoms with Crippen LogP contribution in [0.25, 0.3) is 6.08 Å². The van der Waals surface area contributed by atoms with Gasteiger partial charge in [-0.1, -0.05) is 34.1 Å². The first kappa shape index (κ1) is 16.9. The second kappa shape index (κ2) is 8.22. The number of nitrogens with zero attached hydrogens (tertiary/aromatic N) is 2. The molecule has 0 spiro atoms. The van der Waals surface area contributed by atoms with Gasteiger partial charge in [0.15, 0.2) is 5.78 Å². The first-order chi connectivity index (χ1) is 11.2. The molecule has 4 heteroatoms. The number of carbonyl (C=O) groups is 1. The molecule has 124 valence electrons. The first-order valence-corrected chi connectivity index (χ1v) is 9.43. The van der Waals surface area contributed by atoms with Crippen molar-refractivity contribution < 1.29 is 4.79 Å². The van der Waals surface area contributed by atoms with Crippen LogP contribution < -0.4 is 0 Å². The molecule has 0 aromatic heterocycles. The number of rotatable bonds is 6. The van der Waals surface area contributed by atoms with Crippen LogP contribution in [0.1, 0.15) is 31.2 Å². The molecular weight excluding hydrogens is 352 g/mol. The topological polar surface area (TPSA) is 23.6 Å². The van der Waals surface area contributed by atoms with Gasteiger partial charge in [0.2, 0.25) is 0 Å². The molecule has 2 fully saturated rings. The molecule has 0 N–H and O–H groups in total. The molecule has 3 rings (SSSR count). The molecule has 1 aromatic rings. The zero-order chi connectivity index (χ0) is 16.1. The van der Waals surface area contributed by atoms with Gasteiger partial charge in [-0.15, -0.1) is 0 Å². The smallest absolute Gasteiger partial charge is 0.169 e. The second-order valence-corrected chi connectivity index (χ2v) is 7.54. The molecular formula is C19H25BrN2O. The van der Waals surface area contributed by atoms with E-state index in [4.69, 9.17) is 0 Å². The van der Waals surface area contributed by atoms with E-state index in [-0.39, 0.29) is 5.78 Å². The predicted octanol–water partition coefficient (Wildman–Crippen LogP) is 3.59. The van der Waals surface area contributed by atoms with E-state index in [1.54, 1.807) is 6.08 Å². The van der Waals surface area contributed by atoms with Gasteiger partial charge in [0.1, 0.15) is 0 Å². The average molecular weight is 377 g/mol. The van der Waals surface area contributed by atoms with Gasteiger partial charge in [-0.25, -0.2) is 0 Å². The van der Waals surface area contributed by atoms with Crippen LogP contribution in [0.4, 0.5) is 0 Å². The van der Waals surface area contributed by atoms with Crippen molar-refractivity contribution in [2.24, 2.45) is 0 Å². The Kier molecular flexibility index (Phi) is 6.03. The Balaban J connectivity index is 1.50. The van der Waals surface area contributed by atoms with Crippen LogP contribution in [-0.4, -0.2) is 54.3 Å². The van der Waals surface area contributed by atoms with Gasteiger partial charge in [-0.05, 0) is 69.1 Å². The largest absolute Gasteiger partial charge is 0.302 e. The molecule has 3 nitrogen and oxygen atoms in total. The lowest BCUT2D eigenvalue weighted by Crippen LogP contribution is -2.41. The minimum absolute atomic E-state index is 0.209. The summed E-state index contributed by atoms with van der Waals surface area (Å²) in [4.78, 5) is 17.2. The normalized spacial score (nSPS) is 23.1. The molecule has 0 radical (unpaired) electrons. The Morgan fingerprint density at radius 2 is 1.87 bits per heavy atom. The van der Waals surface area contributed by atoms with Crippen molar-refractivity contribution in [2.75, 3.05) is 32.7 Å². The molecule has 0 bridgehead atoms. The van der Waals surface area contributed by atoms with Crippen LogP contribution in [0.15, 0.2) is 34.8 Å². The molecule has 1 atom stereocenters. The van der Waals surface area contributed by atoms with Crippen molar-refractivity contribution in [3.63, 3.8) is 0 Å². The van der Waals surface area contributed by atoms with Crippen molar-refractivity contribution in [1.29, 1.82) is 0 Å². The molecule has 0 unspecified atom stereocenters. The number of ketones is 1. The molecule has 0 aliphatic carbocycles. The summed E-state index contributed by atoms with van der Waals surface area (Å²) in [7, 11) is 0. The Bertz CT molecular complexity index is 549. The van der Waals surface area contributed by atoms with E-state index >= 15 is 0 Å². The molecule has 2 saturated heterocycles. The third-order valence-corrected chi connectivity index (χ3v) is 5.39. The Labute approximate surface area is 147 Å². The van der Waals surface area contributed by atoms with Gasteiger partial charge in [-0.2, -0.15) is 0 Å². The third kappa shape index (κ3) is 5.00. The minimum atomic E-state index is 0.209. The second-order valence-electron chi connectivity index (χ2n) is 6.63. The van der Waals surface area contributed by atoms with Gasteiger partial charge >= 0.3 is 0 Å². The van der Waals surface area contributed by atoms with E-state index in [2.05, 4.69) is 25.7 Å². The Morgan fingerprint density at radius 1 is 1.13 bits per heavy atom. The molecule has 2 aliphatic rings. The van der Waals surface area contributed by atoms with Crippen molar-refractivity contribution >= 4 is 27.8 Å². The number of benzene rings is 1. The van der Waals surface area contributed by atoms with Crippen LogP contribution in [0.2, 0.25) is 0 Å². The molecule has 0 amide bonds. The summed E-state index contributed by atoms with van der Waals surface area (Å²) in [6.07, 6.45) is 8.78. The van der Waals surface area contributed by atoms with E-state index in [9.17, 15) is 4.79 Å². The standard InChI is InChI=1S/C19H25BrN2O/c20-17-8-5-16(6-9-17)7-10-19(23)15-22-13-3-4-18(22)14-21-11-1-2-12-21/h5-10,18H,1-4,11-15H2/b10-7+/t18-/m1/s1. The minimum Gasteiger partial charge on any atom is -0.302 e. The average Bonchev–Trinajstić information content (AvgIpc) is 3.20. The van der Waals surface area contributed by atoms with E-state index in [1.165, 1.54) is 38.8 Å². The van der Waals surface area contributed by atoms with E-state index in [0.29, 0.717) is 12.6 Å². The Hall–Kier alpha value is -0.970. The lowest BCUT2D eigenvalue weighted by Gasteiger charge is -2.27. The van der Waals surface area contributed by atoms with E-state index < -0.39 is 0 Å².